The number of ether oxygens (including phenoxy) is 1. The minimum Gasteiger partial charge on any atom is -0.618 e. The van der Waals surface area contributed by atoms with E-state index >= 15 is 0 Å². The summed E-state index contributed by atoms with van der Waals surface area (Å²) in [4.78, 5) is 4.14. The fraction of sp³-hybridized carbons (Fsp3) is 0.500. The van der Waals surface area contributed by atoms with Gasteiger partial charge in [-0.3, -0.25) is 0 Å². The van der Waals surface area contributed by atoms with Crippen LogP contribution in [0.3, 0.4) is 0 Å². The highest BCUT2D eigenvalue weighted by molar-refractivity contribution is 6.29. The van der Waals surface area contributed by atoms with Gasteiger partial charge in [0.1, 0.15) is 6.20 Å². The highest BCUT2D eigenvalue weighted by atomic mass is 35.5. The Balaban J connectivity index is 2.10. The van der Waals surface area contributed by atoms with E-state index in [-0.39, 0.29) is 11.4 Å². The van der Waals surface area contributed by atoms with Crippen LogP contribution >= 0.6 is 11.6 Å². The molecule has 1 aliphatic heterocycles. The van der Waals surface area contributed by atoms with E-state index in [9.17, 15) is 5.21 Å². The van der Waals surface area contributed by atoms with Gasteiger partial charge in [-0.05, 0) is 19.3 Å². The molecule has 7 heteroatoms. The van der Waals surface area contributed by atoms with Crippen LogP contribution in [-0.2, 0) is 4.74 Å². The molecule has 1 aliphatic rings. The SMILES string of the molecule is [O-][n+]1cc(Cl)nc2c1cnn2C1CCCCO1. The van der Waals surface area contributed by atoms with Crippen LogP contribution in [0.4, 0.5) is 0 Å². The average molecular weight is 255 g/mol. The maximum absolute atomic E-state index is 11.6. The third-order valence-electron chi connectivity index (χ3n) is 2.85. The van der Waals surface area contributed by atoms with E-state index in [1.165, 1.54) is 12.4 Å². The van der Waals surface area contributed by atoms with E-state index in [0.717, 1.165) is 19.3 Å². The predicted octanol–water partition coefficient (Wildman–Crippen LogP) is 1.42. The Labute approximate surface area is 102 Å². The molecule has 1 atom stereocenters. The van der Waals surface area contributed by atoms with Gasteiger partial charge < -0.3 is 9.94 Å². The lowest BCUT2D eigenvalue weighted by Gasteiger charge is -2.22. The Kier molecular flexibility index (Phi) is 2.60. The summed E-state index contributed by atoms with van der Waals surface area (Å²) >= 11 is 5.78. The zero-order valence-corrected chi connectivity index (χ0v) is 9.80. The molecule has 0 spiro atoms. The standard InChI is InChI=1S/C10H11ClN4O2/c11-8-6-14(16)7-5-12-15(10(7)13-8)9-3-1-2-4-17-9/h5-6,9H,1-4H2. The first-order valence-electron chi connectivity index (χ1n) is 5.50. The van der Waals surface area contributed by atoms with Gasteiger partial charge in [0.05, 0.1) is 0 Å². The van der Waals surface area contributed by atoms with Crippen LogP contribution in [0.15, 0.2) is 12.4 Å². The maximum atomic E-state index is 11.6. The first kappa shape index (κ1) is 10.7. The molecule has 1 unspecified atom stereocenters. The Morgan fingerprint density at radius 1 is 1.53 bits per heavy atom. The Bertz CT molecular complexity index is 550. The first-order valence-corrected chi connectivity index (χ1v) is 5.88. The van der Waals surface area contributed by atoms with Crippen LogP contribution in [-0.4, -0.2) is 21.4 Å². The summed E-state index contributed by atoms with van der Waals surface area (Å²) in [6.45, 7) is 0.712. The highest BCUT2D eigenvalue weighted by Gasteiger charge is 2.22. The third-order valence-corrected chi connectivity index (χ3v) is 3.03. The normalized spacial score (nSPS) is 20.9. The minimum absolute atomic E-state index is 0.146. The maximum Gasteiger partial charge on any atom is 0.281 e. The van der Waals surface area contributed by atoms with Crippen LogP contribution in [0.5, 0.6) is 0 Å². The second kappa shape index (κ2) is 4.12. The lowest BCUT2D eigenvalue weighted by molar-refractivity contribution is -0.577. The van der Waals surface area contributed by atoms with Gasteiger partial charge in [0.25, 0.3) is 5.52 Å². The van der Waals surface area contributed by atoms with Crippen molar-refractivity contribution in [3.8, 4) is 0 Å². The monoisotopic (exact) mass is 254 g/mol. The minimum atomic E-state index is -0.146. The third kappa shape index (κ3) is 1.83. The van der Waals surface area contributed by atoms with Gasteiger partial charge in [-0.1, -0.05) is 11.6 Å². The summed E-state index contributed by atoms with van der Waals surface area (Å²) in [5, 5.41) is 15.9. The van der Waals surface area contributed by atoms with E-state index < -0.39 is 0 Å². The predicted molar refractivity (Wildman–Crippen MR) is 60.3 cm³/mol. The lowest BCUT2D eigenvalue weighted by Crippen LogP contribution is -2.27. The molecule has 0 aliphatic carbocycles. The first-order chi connectivity index (χ1) is 8.25. The van der Waals surface area contributed by atoms with Gasteiger partial charge in [-0.25, -0.2) is 9.67 Å². The summed E-state index contributed by atoms with van der Waals surface area (Å²) in [5.74, 6) is 0. The van der Waals surface area contributed by atoms with Crippen molar-refractivity contribution in [2.24, 2.45) is 0 Å². The second-order valence-corrected chi connectivity index (χ2v) is 4.40. The van der Waals surface area contributed by atoms with Crippen molar-refractivity contribution in [2.45, 2.75) is 25.5 Å². The molecule has 0 amide bonds. The molecule has 3 rings (SSSR count). The lowest BCUT2D eigenvalue weighted by atomic mass is 10.2. The largest absolute Gasteiger partial charge is 0.618 e. The van der Waals surface area contributed by atoms with Crippen LogP contribution in [0, 0.1) is 5.21 Å². The van der Waals surface area contributed by atoms with Crippen molar-refractivity contribution >= 4 is 22.8 Å². The van der Waals surface area contributed by atoms with Crippen molar-refractivity contribution in [3.63, 3.8) is 0 Å². The van der Waals surface area contributed by atoms with E-state index in [1.54, 1.807) is 4.68 Å². The number of aromatic nitrogens is 4. The van der Waals surface area contributed by atoms with Crippen LogP contribution in [0.2, 0.25) is 5.15 Å². The molecule has 1 saturated heterocycles. The number of hydrogen-bond acceptors (Lipinski definition) is 4. The van der Waals surface area contributed by atoms with E-state index in [0.29, 0.717) is 22.5 Å². The number of nitrogens with zero attached hydrogens (tertiary/aromatic N) is 4. The van der Waals surface area contributed by atoms with Gasteiger partial charge in [0, 0.05) is 6.61 Å². The second-order valence-electron chi connectivity index (χ2n) is 4.01. The molecule has 0 radical (unpaired) electrons. The van der Waals surface area contributed by atoms with Gasteiger partial charge in [0.2, 0.25) is 11.8 Å². The molecule has 2 aromatic rings. The van der Waals surface area contributed by atoms with Crippen LogP contribution in [0.25, 0.3) is 11.2 Å². The molecule has 1 fully saturated rings. The highest BCUT2D eigenvalue weighted by Crippen LogP contribution is 2.24. The molecule has 3 heterocycles. The fourth-order valence-electron chi connectivity index (χ4n) is 2.03. The molecule has 0 N–H and O–H groups in total. The molecule has 0 bridgehead atoms. The fourth-order valence-corrected chi connectivity index (χ4v) is 2.20. The number of rotatable bonds is 1. The molecular weight excluding hydrogens is 244 g/mol. The topological polar surface area (TPSA) is 66.9 Å². The Morgan fingerprint density at radius 3 is 3.18 bits per heavy atom. The average Bonchev–Trinajstić information content (AvgIpc) is 2.74. The molecule has 90 valence electrons. The molecule has 6 nitrogen and oxygen atoms in total. The molecule has 2 aromatic heterocycles. The van der Waals surface area contributed by atoms with Gasteiger partial charge in [0.15, 0.2) is 11.4 Å². The zero-order chi connectivity index (χ0) is 11.8. The van der Waals surface area contributed by atoms with Crippen molar-refractivity contribution in [1.29, 1.82) is 0 Å². The number of hydrogen-bond donors (Lipinski definition) is 0. The van der Waals surface area contributed by atoms with Crippen LogP contribution in [0.1, 0.15) is 25.5 Å². The van der Waals surface area contributed by atoms with E-state index in [2.05, 4.69) is 10.1 Å². The van der Waals surface area contributed by atoms with Gasteiger partial charge >= 0.3 is 0 Å². The summed E-state index contributed by atoms with van der Waals surface area (Å²) in [6, 6.07) is 0. The number of fused-ring (bicyclic) bond motifs is 1. The molecule has 0 saturated carbocycles. The van der Waals surface area contributed by atoms with Crippen molar-refractivity contribution in [1.82, 2.24) is 14.8 Å². The molecule has 0 aromatic carbocycles. The van der Waals surface area contributed by atoms with Crippen molar-refractivity contribution in [2.75, 3.05) is 6.61 Å². The van der Waals surface area contributed by atoms with Crippen LogP contribution < -0.4 is 4.73 Å². The smallest absolute Gasteiger partial charge is 0.281 e. The summed E-state index contributed by atoms with van der Waals surface area (Å²) in [7, 11) is 0. The molecular formula is C10H11ClN4O2. The summed E-state index contributed by atoms with van der Waals surface area (Å²) < 4.78 is 7.93. The van der Waals surface area contributed by atoms with Crippen molar-refractivity contribution < 1.29 is 9.47 Å². The quantitative estimate of drug-likeness (QED) is 0.570. The number of halogens is 1. The zero-order valence-electron chi connectivity index (χ0n) is 9.04. The Morgan fingerprint density at radius 2 is 2.41 bits per heavy atom. The van der Waals surface area contributed by atoms with Crippen molar-refractivity contribution in [3.05, 3.63) is 22.8 Å². The van der Waals surface area contributed by atoms with Gasteiger partial charge in [-0.15, -0.1) is 0 Å². The molecule has 17 heavy (non-hydrogen) atoms. The summed E-state index contributed by atoms with van der Waals surface area (Å²) in [6.07, 6.45) is 5.59. The van der Waals surface area contributed by atoms with E-state index in [1.807, 2.05) is 0 Å². The van der Waals surface area contributed by atoms with E-state index in [4.69, 9.17) is 16.3 Å². The summed E-state index contributed by atoms with van der Waals surface area (Å²) in [5.41, 5.74) is 0.878. The Hall–Kier alpha value is -1.40. The van der Waals surface area contributed by atoms with Gasteiger partial charge in [-0.2, -0.15) is 9.83 Å².